The molecule has 2 rings (SSSR count). The summed E-state index contributed by atoms with van der Waals surface area (Å²) in [6.07, 6.45) is 0. The summed E-state index contributed by atoms with van der Waals surface area (Å²) in [6, 6.07) is 19.7. The smallest absolute Gasteiger partial charge is 0.178 e. The molecule has 0 aliphatic rings. The maximum atomic E-state index is 6.80. The first-order valence-corrected chi connectivity index (χ1v) is 8.54. The van der Waals surface area contributed by atoms with Crippen LogP contribution in [0.5, 0.6) is 0 Å². The van der Waals surface area contributed by atoms with Crippen LogP contribution in [-0.2, 0) is 15.1 Å². The van der Waals surface area contributed by atoms with E-state index in [0.717, 1.165) is 11.1 Å². The average molecular weight is 353 g/mol. The zero-order chi connectivity index (χ0) is 16.8. The van der Waals surface area contributed by atoms with Gasteiger partial charge in [0.1, 0.15) is 0 Å². The van der Waals surface area contributed by atoms with Crippen molar-refractivity contribution in [3.8, 4) is 0 Å². The van der Waals surface area contributed by atoms with Crippen LogP contribution in [0.3, 0.4) is 0 Å². The highest BCUT2D eigenvalue weighted by molar-refractivity contribution is 6.49. The molecule has 0 N–H and O–H groups in total. The fourth-order valence-corrected chi connectivity index (χ4v) is 3.46. The highest BCUT2D eigenvalue weighted by Crippen LogP contribution is 2.49. The number of hydrogen-bond acceptors (Lipinski definition) is 2. The van der Waals surface area contributed by atoms with Crippen LogP contribution >= 0.6 is 23.2 Å². The first kappa shape index (κ1) is 18.3. The molecule has 124 valence electrons. The van der Waals surface area contributed by atoms with Gasteiger partial charge in [-0.05, 0) is 25.0 Å². The molecule has 2 aromatic rings. The van der Waals surface area contributed by atoms with E-state index >= 15 is 0 Å². The Labute approximate surface area is 148 Å². The van der Waals surface area contributed by atoms with E-state index in [4.69, 9.17) is 32.7 Å². The molecule has 0 amide bonds. The number of rotatable bonds is 8. The van der Waals surface area contributed by atoms with Crippen molar-refractivity contribution in [3.63, 3.8) is 0 Å². The van der Waals surface area contributed by atoms with Gasteiger partial charge in [0.2, 0.25) is 0 Å². The SMILES string of the molecule is CCOCC(Cl)(Cl)C(OCC)(c1ccccc1)c1ccccc1. The molecule has 2 nitrogen and oxygen atoms in total. The number of halogens is 2. The first-order valence-electron chi connectivity index (χ1n) is 7.79. The van der Waals surface area contributed by atoms with Crippen LogP contribution < -0.4 is 0 Å². The third-order valence-corrected chi connectivity index (χ3v) is 4.47. The monoisotopic (exact) mass is 352 g/mol. The van der Waals surface area contributed by atoms with Gasteiger partial charge in [0.15, 0.2) is 9.93 Å². The molecule has 0 spiro atoms. The maximum Gasteiger partial charge on any atom is 0.178 e. The number of hydrogen-bond donors (Lipinski definition) is 0. The summed E-state index contributed by atoms with van der Waals surface area (Å²) in [7, 11) is 0. The Balaban J connectivity index is 2.65. The predicted octanol–water partition coefficient (Wildman–Crippen LogP) is 5.18. The van der Waals surface area contributed by atoms with Crippen molar-refractivity contribution in [2.45, 2.75) is 23.8 Å². The molecule has 0 bridgehead atoms. The fourth-order valence-electron chi connectivity index (χ4n) is 2.76. The summed E-state index contributed by atoms with van der Waals surface area (Å²) in [6.45, 7) is 5.02. The van der Waals surface area contributed by atoms with E-state index < -0.39 is 9.93 Å². The topological polar surface area (TPSA) is 18.5 Å². The van der Waals surface area contributed by atoms with Crippen LogP contribution in [0.4, 0.5) is 0 Å². The van der Waals surface area contributed by atoms with Gasteiger partial charge >= 0.3 is 0 Å². The van der Waals surface area contributed by atoms with E-state index in [2.05, 4.69) is 0 Å². The van der Waals surface area contributed by atoms with Crippen LogP contribution in [-0.4, -0.2) is 24.2 Å². The Kier molecular flexibility index (Phi) is 6.49. The van der Waals surface area contributed by atoms with Gasteiger partial charge in [-0.3, -0.25) is 0 Å². The van der Waals surface area contributed by atoms with Crippen molar-refractivity contribution in [1.29, 1.82) is 0 Å². The lowest BCUT2D eigenvalue weighted by Crippen LogP contribution is -2.50. The van der Waals surface area contributed by atoms with Gasteiger partial charge in [-0.2, -0.15) is 0 Å². The van der Waals surface area contributed by atoms with Gasteiger partial charge in [-0.15, -0.1) is 0 Å². The summed E-state index contributed by atoms with van der Waals surface area (Å²) >= 11 is 13.6. The molecule has 0 aromatic heterocycles. The second kappa shape index (κ2) is 8.16. The van der Waals surface area contributed by atoms with E-state index in [1.165, 1.54) is 0 Å². The molecule has 0 aliphatic carbocycles. The highest BCUT2D eigenvalue weighted by atomic mass is 35.5. The zero-order valence-corrected chi connectivity index (χ0v) is 15.0. The highest BCUT2D eigenvalue weighted by Gasteiger charge is 2.53. The van der Waals surface area contributed by atoms with E-state index in [-0.39, 0.29) is 6.61 Å². The van der Waals surface area contributed by atoms with Crippen molar-refractivity contribution in [3.05, 3.63) is 71.8 Å². The van der Waals surface area contributed by atoms with Gasteiger partial charge in [-0.25, -0.2) is 0 Å². The quantitative estimate of drug-likeness (QED) is 0.609. The standard InChI is InChI=1S/C19H22Cl2O2/c1-3-22-15-18(20,21)19(23-4-2,16-11-7-5-8-12-16)17-13-9-6-10-14-17/h5-14H,3-4,15H2,1-2H3. The third-order valence-electron chi connectivity index (χ3n) is 3.72. The second-order valence-corrected chi connectivity index (χ2v) is 6.67. The van der Waals surface area contributed by atoms with E-state index in [0.29, 0.717) is 13.2 Å². The van der Waals surface area contributed by atoms with Crippen molar-refractivity contribution in [1.82, 2.24) is 0 Å². The third kappa shape index (κ3) is 3.72. The van der Waals surface area contributed by atoms with Crippen LogP contribution in [0, 0.1) is 0 Å². The molecule has 4 heteroatoms. The van der Waals surface area contributed by atoms with E-state index in [1.807, 2.05) is 74.5 Å². The minimum absolute atomic E-state index is 0.163. The molecular formula is C19H22Cl2O2. The summed E-state index contributed by atoms with van der Waals surface area (Å²) in [5, 5.41) is 0. The normalized spacial score (nSPS) is 12.3. The van der Waals surface area contributed by atoms with Gasteiger partial charge < -0.3 is 9.47 Å². The fraction of sp³-hybridized carbons (Fsp3) is 0.368. The largest absolute Gasteiger partial charge is 0.378 e. The second-order valence-electron chi connectivity index (χ2n) is 5.19. The van der Waals surface area contributed by atoms with Crippen LogP contribution in [0.2, 0.25) is 0 Å². The Morgan fingerprint density at radius 2 is 1.26 bits per heavy atom. The Bertz CT molecular complexity index is 545. The Morgan fingerprint density at radius 3 is 1.65 bits per heavy atom. The zero-order valence-electron chi connectivity index (χ0n) is 13.5. The van der Waals surface area contributed by atoms with Crippen LogP contribution in [0.15, 0.2) is 60.7 Å². The predicted molar refractivity (Wildman–Crippen MR) is 96.2 cm³/mol. The minimum atomic E-state index is -1.28. The van der Waals surface area contributed by atoms with Gasteiger partial charge in [-0.1, -0.05) is 83.9 Å². The summed E-state index contributed by atoms with van der Waals surface area (Å²) in [4.78, 5) is 0. The first-order chi connectivity index (χ1) is 11.1. The van der Waals surface area contributed by atoms with Gasteiger partial charge in [0.25, 0.3) is 0 Å². The summed E-state index contributed by atoms with van der Waals surface area (Å²) in [5.41, 5.74) is 0.790. The number of benzene rings is 2. The lowest BCUT2D eigenvalue weighted by atomic mass is 9.82. The molecule has 0 fully saturated rings. The summed E-state index contributed by atoms with van der Waals surface area (Å²) < 4.78 is 10.5. The lowest BCUT2D eigenvalue weighted by Gasteiger charge is -2.43. The molecule has 2 aromatic carbocycles. The van der Waals surface area contributed by atoms with Crippen molar-refractivity contribution >= 4 is 23.2 Å². The van der Waals surface area contributed by atoms with Crippen molar-refractivity contribution < 1.29 is 9.47 Å². The number of ether oxygens (including phenoxy) is 2. The van der Waals surface area contributed by atoms with Crippen molar-refractivity contribution in [2.75, 3.05) is 19.8 Å². The molecule has 0 atom stereocenters. The Hall–Kier alpha value is -1.06. The molecule has 0 aliphatic heterocycles. The number of alkyl halides is 2. The Morgan fingerprint density at radius 1 is 0.783 bits per heavy atom. The lowest BCUT2D eigenvalue weighted by molar-refractivity contribution is -0.0435. The molecule has 0 unspecified atom stereocenters. The van der Waals surface area contributed by atoms with Gasteiger partial charge in [0.05, 0.1) is 6.61 Å². The maximum absolute atomic E-state index is 6.80. The van der Waals surface area contributed by atoms with E-state index in [1.54, 1.807) is 0 Å². The van der Waals surface area contributed by atoms with Crippen LogP contribution in [0.1, 0.15) is 25.0 Å². The van der Waals surface area contributed by atoms with Crippen molar-refractivity contribution in [2.24, 2.45) is 0 Å². The molecule has 0 saturated heterocycles. The molecule has 0 saturated carbocycles. The molecule has 0 radical (unpaired) electrons. The minimum Gasteiger partial charge on any atom is -0.378 e. The molecule has 23 heavy (non-hydrogen) atoms. The average Bonchev–Trinajstić information content (AvgIpc) is 2.59. The van der Waals surface area contributed by atoms with E-state index in [9.17, 15) is 0 Å². The van der Waals surface area contributed by atoms with Crippen LogP contribution in [0.25, 0.3) is 0 Å². The summed E-state index contributed by atoms with van der Waals surface area (Å²) in [5.74, 6) is 0. The van der Waals surface area contributed by atoms with Gasteiger partial charge in [0, 0.05) is 13.2 Å². The molecular weight excluding hydrogens is 331 g/mol. The molecule has 0 heterocycles.